The van der Waals surface area contributed by atoms with Crippen LogP contribution in [0.15, 0.2) is 12.3 Å². The van der Waals surface area contributed by atoms with Gasteiger partial charge in [-0.3, -0.25) is 14.9 Å². The van der Waals surface area contributed by atoms with Gasteiger partial charge in [0, 0.05) is 24.3 Å². The summed E-state index contributed by atoms with van der Waals surface area (Å²) in [6, 6.07) is 1.49. The second kappa shape index (κ2) is 5.24. The van der Waals surface area contributed by atoms with Crippen molar-refractivity contribution in [1.82, 2.24) is 9.88 Å². The fraction of sp³-hybridized carbons (Fsp3) is 0.615. The van der Waals surface area contributed by atoms with Crippen LogP contribution in [0.5, 0.6) is 0 Å². The molecule has 110 valence electrons. The molecular formula is C13H19N3O4. The number of carbonyl (C=O) groups excluding carboxylic acids is 1. The molecule has 0 aromatic carbocycles. The number of aliphatic hydroxyl groups is 1. The molecule has 1 aliphatic rings. The number of aromatic nitrogens is 1. The van der Waals surface area contributed by atoms with Gasteiger partial charge in [0.25, 0.3) is 11.6 Å². The molecule has 1 aromatic rings. The van der Waals surface area contributed by atoms with Crippen molar-refractivity contribution in [2.75, 3.05) is 6.61 Å². The quantitative estimate of drug-likeness (QED) is 0.611. The molecule has 2 rings (SSSR count). The SMILES string of the molecule is CC(C)(CCO)NC(=O)c1cc([N+](=O)[O-])cn1C1CC1. The lowest BCUT2D eigenvalue weighted by Crippen LogP contribution is -2.44. The summed E-state index contributed by atoms with van der Waals surface area (Å²) in [7, 11) is 0. The predicted molar refractivity (Wildman–Crippen MR) is 72.6 cm³/mol. The van der Waals surface area contributed by atoms with E-state index in [9.17, 15) is 14.9 Å². The molecule has 2 N–H and O–H groups in total. The molecule has 0 unspecified atom stereocenters. The van der Waals surface area contributed by atoms with Gasteiger partial charge in [-0.2, -0.15) is 0 Å². The number of hydrogen-bond donors (Lipinski definition) is 2. The highest BCUT2D eigenvalue weighted by Crippen LogP contribution is 2.38. The topological polar surface area (TPSA) is 97.4 Å². The molecule has 7 heteroatoms. The Labute approximate surface area is 116 Å². The van der Waals surface area contributed by atoms with Crippen LogP contribution in [0, 0.1) is 10.1 Å². The Kier molecular flexibility index (Phi) is 3.80. The Hall–Kier alpha value is -1.89. The van der Waals surface area contributed by atoms with E-state index in [4.69, 9.17) is 5.11 Å². The Morgan fingerprint density at radius 2 is 2.25 bits per heavy atom. The number of nitro groups is 1. The maximum absolute atomic E-state index is 12.3. The number of nitrogens with zero attached hydrogens (tertiary/aromatic N) is 2. The monoisotopic (exact) mass is 281 g/mol. The van der Waals surface area contributed by atoms with E-state index in [1.807, 2.05) is 0 Å². The number of nitrogens with one attached hydrogen (secondary N) is 1. The van der Waals surface area contributed by atoms with Gasteiger partial charge in [-0.05, 0) is 33.1 Å². The van der Waals surface area contributed by atoms with Crippen molar-refractivity contribution in [3.8, 4) is 0 Å². The van der Waals surface area contributed by atoms with Gasteiger partial charge in [0.1, 0.15) is 5.69 Å². The third-order valence-electron chi connectivity index (χ3n) is 3.41. The molecule has 1 saturated carbocycles. The summed E-state index contributed by atoms with van der Waals surface area (Å²) in [5.41, 5.74) is -0.313. The molecule has 0 saturated heterocycles. The average Bonchev–Trinajstić information content (AvgIpc) is 3.06. The molecule has 1 aromatic heterocycles. The van der Waals surface area contributed by atoms with Gasteiger partial charge in [-0.15, -0.1) is 0 Å². The predicted octanol–water partition coefficient (Wildman–Crippen LogP) is 1.62. The van der Waals surface area contributed by atoms with Crippen molar-refractivity contribution in [3.63, 3.8) is 0 Å². The van der Waals surface area contributed by atoms with Crippen LogP contribution in [0.4, 0.5) is 5.69 Å². The second-order valence-electron chi connectivity index (χ2n) is 5.79. The standard InChI is InChI=1S/C13H19N3O4/c1-13(2,5-6-17)14-12(18)11-7-10(16(19)20)8-15(11)9-3-4-9/h7-9,17H,3-6H2,1-2H3,(H,14,18). The number of hydrogen-bond acceptors (Lipinski definition) is 4. The largest absolute Gasteiger partial charge is 0.396 e. The van der Waals surface area contributed by atoms with Crippen LogP contribution in [0.3, 0.4) is 0 Å². The van der Waals surface area contributed by atoms with E-state index in [2.05, 4.69) is 5.32 Å². The summed E-state index contributed by atoms with van der Waals surface area (Å²) < 4.78 is 1.68. The van der Waals surface area contributed by atoms with Crippen molar-refractivity contribution in [3.05, 3.63) is 28.1 Å². The van der Waals surface area contributed by atoms with Crippen LogP contribution in [-0.4, -0.2) is 32.6 Å². The Balaban J connectivity index is 2.22. The fourth-order valence-corrected chi connectivity index (χ4v) is 2.11. The van der Waals surface area contributed by atoms with Crippen LogP contribution >= 0.6 is 0 Å². The molecule has 0 spiro atoms. The first-order chi connectivity index (χ1) is 9.34. The molecule has 1 amide bonds. The van der Waals surface area contributed by atoms with Gasteiger partial charge in [0.05, 0.1) is 11.1 Å². The number of aliphatic hydroxyl groups excluding tert-OH is 1. The lowest BCUT2D eigenvalue weighted by atomic mass is 10.0. The molecule has 0 aliphatic heterocycles. The van der Waals surface area contributed by atoms with Crippen molar-refractivity contribution < 1.29 is 14.8 Å². The van der Waals surface area contributed by atoms with E-state index in [0.29, 0.717) is 12.1 Å². The number of carbonyl (C=O) groups is 1. The Morgan fingerprint density at radius 3 is 2.75 bits per heavy atom. The minimum Gasteiger partial charge on any atom is -0.396 e. The van der Waals surface area contributed by atoms with E-state index in [1.54, 1.807) is 18.4 Å². The zero-order valence-corrected chi connectivity index (χ0v) is 11.6. The summed E-state index contributed by atoms with van der Waals surface area (Å²) in [5, 5.41) is 22.6. The maximum Gasteiger partial charge on any atom is 0.287 e. The first-order valence-electron chi connectivity index (χ1n) is 6.64. The highest BCUT2D eigenvalue weighted by atomic mass is 16.6. The molecule has 1 aliphatic carbocycles. The minimum atomic E-state index is -0.556. The second-order valence-corrected chi connectivity index (χ2v) is 5.79. The van der Waals surface area contributed by atoms with Crippen molar-refractivity contribution >= 4 is 11.6 Å². The van der Waals surface area contributed by atoms with Gasteiger partial charge in [0.2, 0.25) is 0 Å². The van der Waals surface area contributed by atoms with Crippen LogP contribution in [0.25, 0.3) is 0 Å². The first-order valence-corrected chi connectivity index (χ1v) is 6.64. The van der Waals surface area contributed by atoms with E-state index < -0.39 is 10.5 Å². The summed E-state index contributed by atoms with van der Waals surface area (Å²) >= 11 is 0. The smallest absolute Gasteiger partial charge is 0.287 e. The Bertz CT molecular complexity index is 532. The summed E-state index contributed by atoms with van der Waals surface area (Å²) in [6.07, 6.45) is 3.72. The van der Waals surface area contributed by atoms with Crippen molar-refractivity contribution in [2.24, 2.45) is 0 Å². The molecular weight excluding hydrogens is 262 g/mol. The van der Waals surface area contributed by atoms with Crippen LogP contribution in [-0.2, 0) is 0 Å². The van der Waals surface area contributed by atoms with E-state index in [0.717, 1.165) is 12.8 Å². The normalized spacial score (nSPS) is 15.2. The number of amides is 1. The highest BCUT2D eigenvalue weighted by Gasteiger charge is 2.31. The Morgan fingerprint density at radius 1 is 1.60 bits per heavy atom. The van der Waals surface area contributed by atoms with Gasteiger partial charge < -0.3 is 15.0 Å². The molecule has 0 atom stereocenters. The first kappa shape index (κ1) is 14.5. The van der Waals surface area contributed by atoms with Crippen LogP contribution in [0.1, 0.15) is 49.6 Å². The summed E-state index contributed by atoms with van der Waals surface area (Å²) in [4.78, 5) is 22.6. The number of rotatable bonds is 6. The van der Waals surface area contributed by atoms with E-state index in [1.165, 1.54) is 12.3 Å². The highest BCUT2D eigenvalue weighted by molar-refractivity contribution is 5.94. The third kappa shape index (κ3) is 3.16. The zero-order chi connectivity index (χ0) is 14.9. The lowest BCUT2D eigenvalue weighted by Gasteiger charge is -2.25. The summed E-state index contributed by atoms with van der Waals surface area (Å²) in [6.45, 7) is 3.58. The zero-order valence-electron chi connectivity index (χ0n) is 11.6. The van der Waals surface area contributed by atoms with Crippen LogP contribution < -0.4 is 5.32 Å². The molecule has 0 bridgehead atoms. The molecule has 1 heterocycles. The van der Waals surface area contributed by atoms with Gasteiger partial charge in [0.15, 0.2) is 0 Å². The fourth-order valence-electron chi connectivity index (χ4n) is 2.11. The molecule has 0 radical (unpaired) electrons. The van der Waals surface area contributed by atoms with Crippen molar-refractivity contribution in [2.45, 2.75) is 44.7 Å². The van der Waals surface area contributed by atoms with Crippen molar-refractivity contribution in [1.29, 1.82) is 0 Å². The maximum atomic E-state index is 12.3. The van der Waals surface area contributed by atoms with E-state index in [-0.39, 0.29) is 24.2 Å². The average molecular weight is 281 g/mol. The molecule has 7 nitrogen and oxygen atoms in total. The minimum absolute atomic E-state index is 0.0307. The van der Waals surface area contributed by atoms with Gasteiger partial charge >= 0.3 is 0 Å². The lowest BCUT2D eigenvalue weighted by molar-refractivity contribution is -0.384. The third-order valence-corrected chi connectivity index (χ3v) is 3.41. The van der Waals surface area contributed by atoms with Gasteiger partial charge in [-0.1, -0.05) is 0 Å². The van der Waals surface area contributed by atoms with Gasteiger partial charge in [-0.25, -0.2) is 0 Å². The molecule has 20 heavy (non-hydrogen) atoms. The molecule has 1 fully saturated rings. The van der Waals surface area contributed by atoms with E-state index >= 15 is 0 Å². The van der Waals surface area contributed by atoms with Crippen LogP contribution in [0.2, 0.25) is 0 Å². The summed E-state index contributed by atoms with van der Waals surface area (Å²) in [5.74, 6) is -0.344.